The van der Waals surface area contributed by atoms with E-state index < -0.39 is 0 Å². The van der Waals surface area contributed by atoms with Crippen molar-refractivity contribution in [1.29, 1.82) is 0 Å². The van der Waals surface area contributed by atoms with Gasteiger partial charge in [0.2, 0.25) is 5.43 Å². The smallest absolute Gasteiger partial charge is 0.200 e. The van der Waals surface area contributed by atoms with Gasteiger partial charge in [0, 0.05) is 28.7 Å². The van der Waals surface area contributed by atoms with Crippen LogP contribution in [-0.4, -0.2) is 9.97 Å². The zero-order chi connectivity index (χ0) is 18.8. The molecule has 0 unspecified atom stereocenters. The Hall–Kier alpha value is -3.11. The highest BCUT2D eigenvalue weighted by Crippen LogP contribution is 2.26. The molecule has 0 aliphatic rings. The quantitative estimate of drug-likeness (QED) is 0.491. The number of pyridine rings is 2. The monoisotopic (exact) mass is 375 g/mol. The Kier molecular flexibility index (Phi) is 4.65. The topological polar surface area (TPSA) is 57.8 Å². The normalized spacial score (nSPS) is 10.9. The number of hydrogen-bond donors (Lipinski definition) is 2. The first-order chi connectivity index (χ1) is 13.2. The number of rotatable bonds is 4. The lowest BCUT2D eigenvalue weighted by atomic mass is 10.0. The second-order valence-corrected chi connectivity index (χ2v) is 6.69. The summed E-state index contributed by atoms with van der Waals surface area (Å²) in [6.07, 6.45) is 4.31. The molecule has 0 amide bonds. The first-order valence-corrected chi connectivity index (χ1v) is 9.16. The highest BCUT2D eigenvalue weighted by atomic mass is 35.5. The second kappa shape index (κ2) is 7.25. The predicted octanol–water partition coefficient (Wildman–Crippen LogP) is 5.55. The van der Waals surface area contributed by atoms with Gasteiger partial charge in [-0.05, 0) is 41.8 Å². The summed E-state index contributed by atoms with van der Waals surface area (Å²) in [5.41, 5.74) is 4.18. The summed E-state index contributed by atoms with van der Waals surface area (Å²) in [5.74, 6) is 0.547. The molecule has 0 bridgehead atoms. The number of nitrogens with one attached hydrogen (secondary N) is 2. The molecular formula is C22H18ClN3O. The summed E-state index contributed by atoms with van der Waals surface area (Å²) < 4.78 is 0. The number of para-hydroxylation sites is 1. The molecule has 5 heteroatoms. The average Bonchev–Trinajstić information content (AvgIpc) is 2.70. The largest absolute Gasteiger partial charge is 0.360 e. The van der Waals surface area contributed by atoms with Gasteiger partial charge in [-0.1, -0.05) is 48.9 Å². The minimum absolute atomic E-state index is 0.0735. The van der Waals surface area contributed by atoms with Crippen LogP contribution >= 0.6 is 11.6 Å². The Bertz CT molecular complexity index is 1170. The Morgan fingerprint density at radius 1 is 1.07 bits per heavy atom. The van der Waals surface area contributed by atoms with Crippen molar-refractivity contribution in [2.24, 2.45) is 0 Å². The maximum atomic E-state index is 13.2. The Labute approximate surface area is 161 Å². The number of benzene rings is 2. The zero-order valence-corrected chi connectivity index (χ0v) is 15.5. The molecule has 0 aliphatic carbocycles. The van der Waals surface area contributed by atoms with Gasteiger partial charge in [-0.2, -0.15) is 0 Å². The molecule has 0 fully saturated rings. The minimum Gasteiger partial charge on any atom is -0.360 e. The van der Waals surface area contributed by atoms with Gasteiger partial charge in [0.1, 0.15) is 5.82 Å². The van der Waals surface area contributed by atoms with Crippen molar-refractivity contribution in [1.82, 2.24) is 9.97 Å². The van der Waals surface area contributed by atoms with Gasteiger partial charge >= 0.3 is 0 Å². The highest BCUT2D eigenvalue weighted by Gasteiger charge is 2.13. The first-order valence-electron chi connectivity index (χ1n) is 8.78. The van der Waals surface area contributed by atoms with E-state index >= 15 is 0 Å². The van der Waals surface area contributed by atoms with Crippen LogP contribution in [0.2, 0.25) is 5.02 Å². The molecule has 0 atom stereocenters. The number of aromatic nitrogens is 2. The van der Waals surface area contributed by atoms with E-state index in [-0.39, 0.29) is 5.43 Å². The van der Waals surface area contributed by atoms with Crippen molar-refractivity contribution in [3.8, 4) is 11.1 Å². The third-order valence-corrected chi connectivity index (χ3v) is 4.85. The van der Waals surface area contributed by atoms with E-state index in [9.17, 15) is 4.79 Å². The van der Waals surface area contributed by atoms with Gasteiger partial charge < -0.3 is 10.3 Å². The number of nitrogens with zero attached hydrogens (tertiary/aromatic N) is 1. The molecule has 0 saturated carbocycles. The standard InChI is InChI=1S/C22H18ClN3O/c1-2-14-5-3-4-6-18(14)26-22-20-19(11-12-24-22)25-13-17(21(20)27)15-7-9-16(23)10-8-15/h3-13H,2H2,1H3,(H,24,26)(H,25,27). The van der Waals surface area contributed by atoms with Crippen molar-refractivity contribution in [3.63, 3.8) is 0 Å². The Morgan fingerprint density at radius 2 is 1.85 bits per heavy atom. The molecule has 134 valence electrons. The third-order valence-electron chi connectivity index (χ3n) is 4.60. The van der Waals surface area contributed by atoms with Crippen molar-refractivity contribution in [2.45, 2.75) is 13.3 Å². The fraction of sp³-hybridized carbons (Fsp3) is 0.0909. The van der Waals surface area contributed by atoms with Gasteiger partial charge in [0.25, 0.3) is 0 Å². The number of aromatic amines is 1. The lowest BCUT2D eigenvalue weighted by Crippen LogP contribution is -2.10. The van der Waals surface area contributed by atoms with Gasteiger partial charge in [0.05, 0.1) is 10.9 Å². The van der Waals surface area contributed by atoms with Crippen LogP contribution in [0.5, 0.6) is 0 Å². The molecular weight excluding hydrogens is 358 g/mol. The summed E-state index contributed by atoms with van der Waals surface area (Å²) >= 11 is 5.97. The van der Waals surface area contributed by atoms with Gasteiger partial charge in [-0.25, -0.2) is 4.98 Å². The van der Waals surface area contributed by atoms with Crippen LogP contribution < -0.4 is 10.7 Å². The summed E-state index contributed by atoms with van der Waals surface area (Å²) in [7, 11) is 0. The number of hydrogen-bond acceptors (Lipinski definition) is 3. The second-order valence-electron chi connectivity index (χ2n) is 6.26. The van der Waals surface area contributed by atoms with Crippen molar-refractivity contribution in [2.75, 3.05) is 5.32 Å². The number of aryl methyl sites for hydroxylation is 1. The number of H-pyrrole nitrogens is 1. The fourth-order valence-electron chi connectivity index (χ4n) is 3.18. The van der Waals surface area contributed by atoms with E-state index in [2.05, 4.69) is 28.3 Å². The van der Waals surface area contributed by atoms with Crippen LogP contribution in [0.1, 0.15) is 12.5 Å². The van der Waals surface area contributed by atoms with E-state index in [0.29, 0.717) is 21.8 Å². The average molecular weight is 376 g/mol. The summed E-state index contributed by atoms with van der Waals surface area (Å²) in [5, 5.41) is 4.52. The molecule has 0 radical (unpaired) electrons. The molecule has 4 aromatic rings. The molecule has 2 aromatic carbocycles. The van der Waals surface area contributed by atoms with E-state index in [1.165, 1.54) is 5.56 Å². The maximum Gasteiger partial charge on any atom is 0.200 e. The Morgan fingerprint density at radius 3 is 2.63 bits per heavy atom. The first kappa shape index (κ1) is 17.3. The van der Waals surface area contributed by atoms with E-state index in [4.69, 9.17) is 11.6 Å². The zero-order valence-electron chi connectivity index (χ0n) is 14.8. The summed E-state index contributed by atoms with van der Waals surface area (Å²) in [6, 6.07) is 17.1. The van der Waals surface area contributed by atoms with Crippen LogP contribution in [-0.2, 0) is 6.42 Å². The van der Waals surface area contributed by atoms with E-state index in [1.807, 2.05) is 30.3 Å². The van der Waals surface area contributed by atoms with Crippen molar-refractivity contribution in [3.05, 3.63) is 87.8 Å². The lowest BCUT2D eigenvalue weighted by molar-refractivity contribution is 1.14. The van der Waals surface area contributed by atoms with E-state index in [1.54, 1.807) is 30.6 Å². The van der Waals surface area contributed by atoms with Crippen LogP contribution in [0.25, 0.3) is 22.0 Å². The van der Waals surface area contributed by atoms with Gasteiger partial charge in [0.15, 0.2) is 0 Å². The van der Waals surface area contributed by atoms with Crippen LogP contribution in [0.4, 0.5) is 11.5 Å². The third kappa shape index (κ3) is 3.32. The van der Waals surface area contributed by atoms with Crippen LogP contribution in [0.3, 0.4) is 0 Å². The molecule has 0 saturated heterocycles. The molecule has 4 rings (SSSR count). The fourth-order valence-corrected chi connectivity index (χ4v) is 3.30. The van der Waals surface area contributed by atoms with Crippen molar-refractivity contribution < 1.29 is 0 Å². The molecule has 4 nitrogen and oxygen atoms in total. The van der Waals surface area contributed by atoms with Crippen molar-refractivity contribution >= 4 is 34.0 Å². The summed E-state index contributed by atoms with van der Waals surface area (Å²) in [4.78, 5) is 20.9. The number of anilines is 2. The number of fused-ring (bicyclic) bond motifs is 1. The lowest BCUT2D eigenvalue weighted by Gasteiger charge is -2.12. The maximum absolute atomic E-state index is 13.2. The van der Waals surface area contributed by atoms with Gasteiger partial charge in [-0.3, -0.25) is 4.79 Å². The van der Waals surface area contributed by atoms with Crippen LogP contribution in [0, 0.1) is 0 Å². The Balaban J connectivity index is 1.88. The van der Waals surface area contributed by atoms with Gasteiger partial charge in [-0.15, -0.1) is 0 Å². The number of halogens is 1. The predicted molar refractivity (Wildman–Crippen MR) is 112 cm³/mol. The molecule has 0 aliphatic heterocycles. The SMILES string of the molecule is CCc1ccccc1Nc1nccc2[nH]cc(-c3ccc(Cl)cc3)c(=O)c12. The van der Waals surface area contributed by atoms with Crippen LogP contribution in [0.15, 0.2) is 71.8 Å². The molecule has 0 spiro atoms. The molecule has 2 aromatic heterocycles. The molecule has 27 heavy (non-hydrogen) atoms. The molecule has 2 N–H and O–H groups in total. The van der Waals surface area contributed by atoms with E-state index in [0.717, 1.165) is 23.2 Å². The summed E-state index contributed by atoms with van der Waals surface area (Å²) in [6.45, 7) is 2.10. The minimum atomic E-state index is -0.0735. The molecule has 2 heterocycles. The highest BCUT2D eigenvalue weighted by molar-refractivity contribution is 6.30.